The first-order chi connectivity index (χ1) is 3.93. The summed E-state index contributed by atoms with van der Waals surface area (Å²) < 4.78 is 4.68. The lowest BCUT2D eigenvalue weighted by molar-refractivity contribution is -0.107. The highest BCUT2D eigenvalue weighted by atomic mass is 16.5. The van der Waals surface area contributed by atoms with Crippen LogP contribution < -0.4 is 5.32 Å². The number of hydrogen-bond acceptors (Lipinski definition) is 3. The molecule has 0 atom stereocenters. The van der Waals surface area contributed by atoms with E-state index in [-0.39, 0.29) is 0 Å². The summed E-state index contributed by atoms with van der Waals surface area (Å²) in [5.74, 6) is 0.299. The number of carbonyl (C=O) groups is 1. The third-order valence-corrected chi connectivity index (χ3v) is 0.710. The molecule has 3 nitrogen and oxygen atoms in total. The van der Waals surface area contributed by atoms with Crippen LogP contribution in [0.1, 0.15) is 0 Å². The van der Waals surface area contributed by atoms with Crippen molar-refractivity contribution in [3.63, 3.8) is 0 Å². The molecule has 0 aromatic carbocycles. The van der Waals surface area contributed by atoms with Crippen molar-refractivity contribution in [2.45, 2.75) is 0 Å². The Balaban J connectivity index is 2.55. The molecule has 0 unspecified atom stereocenters. The Kier molecular flexibility index (Phi) is 1.32. The standard InChI is InChI=1S/C5H5NO2/c7-4-5-3-6-1-2-8-5/h1-4,6H. The van der Waals surface area contributed by atoms with E-state index in [1.807, 2.05) is 0 Å². The number of allylic oxidation sites excluding steroid dienone is 1. The van der Waals surface area contributed by atoms with Crippen LogP contribution in [0.2, 0.25) is 0 Å². The van der Waals surface area contributed by atoms with Gasteiger partial charge in [-0.2, -0.15) is 0 Å². The van der Waals surface area contributed by atoms with Crippen LogP contribution in [-0.2, 0) is 9.53 Å². The Labute approximate surface area is 46.6 Å². The van der Waals surface area contributed by atoms with Crippen LogP contribution in [0.3, 0.4) is 0 Å². The zero-order valence-corrected chi connectivity index (χ0v) is 4.13. The van der Waals surface area contributed by atoms with Crippen LogP contribution in [0.5, 0.6) is 0 Å². The van der Waals surface area contributed by atoms with Crippen LogP contribution in [0, 0.1) is 0 Å². The minimum atomic E-state index is 0.299. The maximum atomic E-state index is 9.89. The molecule has 42 valence electrons. The summed E-state index contributed by atoms with van der Waals surface area (Å²) in [7, 11) is 0. The van der Waals surface area contributed by atoms with Crippen molar-refractivity contribution < 1.29 is 9.53 Å². The lowest BCUT2D eigenvalue weighted by Crippen LogP contribution is -2.03. The second kappa shape index (κ2) is 2.16. The first-order valence-corrected chi connectivity index (χ1v) is 2.16. The molecule has 1 heterocycles. The number of carbonyl (C=O) groups excluding carboxylic acids is 1. The molecule has 0 bridgehead atoms. The van der Waals surface area contributed by atoms with E-state index in [0.717, 1.165) is 0 Å². The van der Waals surface area contributed by atoms with E-state index < -0.39 is 0 Å². The van der Waals surface area contributed by atoms with Crippen molar-refractivity contribution in [2.24, 2.45) is 0 Å². The molecule has 1 aliphatic rings. The highest BCUT2D eigenvalue weighted by molar-refractivity contribution is 5.70. The summed E-state index contributed by atoms with van der Waals surface area (Å²) in [4.78, 5) is 9.89. The fourth-order valence-electron chi connectivity index (χ4n) is 0.378. The number of rotatable bonds is 1. The molecule has 1 N–H and O–H groups in total. The molecule has 8 heavy (non-hydrogen) atoms. The first kappa shape index (κ1) is 4.90. The molecule has 0 aromatic heterocycles. The molecule has 0 aliphatic carbocycles. The first-order valence-electron chi connectivity index (χ1n) is 2.16. The van der Waals surface area contributed by atoms with Gasteiger partial charge in [-0.3, -0.25) is 4.79 Å². The Morgan fingerprint density at radius 2 is 2.62 bits per heavy atom. The zero-order valence-electron chi connectivity index (χ0n) is 4.13. The summed E-state index contributed by atoms with van der Waals surface area (Å²) in [6.45, 7) is 0. The number of ether oxygens (including phenoxy) is 1. The Morgan fingerprint density at radius 3 is 3.00 bits per heavy atom. The van der Waals surface area contributed by atoms with Crippen molar-refractivity contribution in [1.82, 2.24) is 5.32 Å². The normalized spacial score (nSPS) is 15.8. The van der Waals surface area contributed by atoms with Gasteiger partial charge in [0.2, 0.25) is 0 Å². The van der Waals surface area contributed by atoms with Gasteiger partial charge in [0.1, 0.15) is 6.26 Å². The van der Waals surface area contributed by atoms with E-state index >= 15 is 0 Å². The van der Waals surface area contributed by atoms with Crippen molar-refractivity contribution in [1.29, 1.82) is 0 Å². The van der Waals surface area contributed by atoms with Gasteiger partial charge in [-0.05, 0) is 0 Å². The summed E-state index contributed by atoms with van der Waals surface area (Å²) in [5, 5.41) is 2.69. The minimum absolute atomic E-state index is 0.299. The SMILES string of the molecule is O=CC1=CNC=CO1. The summed E-state index contributed by atoms with van der Waals surface area (Å²) >= 11 is 0. The molecular formula is C5H5NO2. The predicted molar refractivity (Wildman–Crippen MR) is 27.5 cm³/mol. The van der Waals surface area contributed by atoms with Gasteiger partial charge in [0.15, 0.2) is 12.0 Å². The van der Waals surface area contributed by atoms with Crippen molar-refractivity contribution >= 4 is 6.29 Å². The molecule has 3 heteroatoms. The molecule has 0 saturated heterocycles. The van der Waals surface area contributed by atoms with Crippen molar-refractivity contribution in [2.75, 3.05) is 0 Å². The van der Waals surface area contributed by atoms with Crippen molar-refractivity contribution in [3.05, 3.63) is 24.4 Å². The van der Waals surface area contributed by atoms with E-state index in [0.29, 0.717) is 12.0 Å². The van der Waals surface area contributed by atoms with Gasteiger partial charge in [0.25, 0.3) is 0 Å². The molecule has 1 rings (SSSR count). The maximum absolute atomic E-state index is 9.89. The largest absolute Gasteiger partial charge is 0.458 e. The van der Waals surface area contributed by atoms with Crippen LogP contribution in [-0.4, -0.2) is 6.29 Å². The highest BCUT2D eigenvalue weighted by Crippen LogP contribution is 1.94. The van der Waals surface area contributed by atoms with E-state index in [9.17, 15) is 4.79 Å². The minimum Gasteiger partial charge on any atom is -0.458 e. The quantitative estimate of drug-likeness (QED) is 0.488. The fraction of sp³-hybridized carbons (Fsp3) is 0. The van der Waals surface area contributed by atoms with Gasteiger partial charge in [-0.1, -0.05) is 0 Å². The molecule has 0 spiro atoms. The van der Waals surface area contributed by atoms with E-state index in [1.54, 1.807) is 6.20 Å². The topological polar surface area (TPSA) is 38.3 Å². The average Bonchev–Trinajstić information content (AvgIpc) is 1.90. The third-order valence-electron chi connectivity index (χ3n) is 0.710. The molecule has 0 amide bonds. The van der Waals surface area contributed by atoms with Crippen molar-refractivity contribution in [3.8, 4) is 0 Å². The van der Waals surface area contributed by atoms with E-state index in [1.165, 1.54) is 12.5 Å². The second-order valence-corrected chi connectivity index (χ2v) is 1.25. The second-order valence-electron chi connectivity index (χ2n) is 1.25. The molecule has 0 saturated carbocycles. The molecule has 1 aliphatic heterocycles. The third kappa shape index (κ3) is 0.872. The predicted octanol–water partition coefficient (Wildman–Crippen LogP) is 0.118. The van der Waals surface area contributed by atoms with Gasteiger partial charge >= 0.3 is 0 Å². The zero-order chi connectivity index (χ0) is 5.82. The van der Waals surface area contributed by atoms with Gasteiger partial charge < -0.3 is 10.1 Å². The molecule has 0 radical (unpaired) electrons. The van der Waals surface area contributed by atoms with Crippen LogP contribution in [0.4, 0.5) is 0 Å². The van der Waals surface area contributed by atoms with Gasteiger partial charge in [-0.15, -0.1) is 0 Å². The summed E-state index contributed by atoms with van der Waals surface area (Å²) in [6.07, 6.45) is 5.11. The summed E-state index contributed by atoms with van der Waals surface area (Å²) in [5.41, 5.74) is 0. The highest BCUT2D eigenvalue weighted by Gasteiger charge is 1.93. The smallest absolute Gasteiger partial charge is 0.186 e. The van der Waals surface area contributed by atoms with Gasteiger partial charge in [0.05, 0.1) is 0 Å². The number of hydrogen-bond donors (Lipinski definition) is 1. The van der Waals surface area contributed by atoms with E-state index in [4.69, 9.17) is 0 Å². The molecule has 0 fully saturated rings. The Morgan fingerprint density at radius 1 is 1.75 bits per heavy atom. The van der Waals surface area contributed by atoms with Gasteiger partial charge in [0, 0.05) is 12.4 Å². The molecular weight excluding hydrogens is 106 g/mol. The Bertz CT molecular complexity index is 149. The van der Waals surface area contributed by atoms with Crippen LogP contribution >= 0.6 is 0 Å². The lowest BCUT2D eigenvalue weighted by Gasteiger charge is -2.02. The summed E-state index contributed by atoms with van der Waals surface area (Å²) in [6, 6.07) is 0. The maximum Gasteiger partial charge on any atom is 0.186 e. The van der Waals surface area contributed by atoms with E-state index in [2.05, 4.69) is 10.1 Å². The number of nitrogens with one attached hydrogen (secondary N) is 1. The molecule has 0 aromatic rings. The van der Waals surface area contributed by atoms with Gasteiger partial charge in [-0.25, -0.2) is 0 Å². The lowest BCUT2D eigenvalue weighted by atomic mass is 10.5. The monoisotopic (exact) mass is 111 g/mol. The van der Waals surface area contributed by atoms with Crippen LogP contribution in [0.15, 0.2) is 24.4 Å². The Hall–Kier alpha value is -1.25. The average molecular weight is 111 g/mol. The van der Waals surface area contributed by atoms with Crippen LogP contribution in [0.25, 0.3) is 0 Å². The fourth-order valence-corrected chi connectivity index (χ4v) is 0.378. The number of aldehydes is 1.